The van der Waals surface area contributed by atoms with E-state index in [-0.39, 0.29) is 5.56 Å². The minimum absolute atomic E-state index is 0.190. The van der Waals surface area contributed by atoms with E-state index in [1.165, 1.54) is 20.5 Å². The van der Waals surface area contributed by atoms with Crippen LogP contribution in [0.15, 0.2) is 90.0 Å². The van der Waals surface area contributed by atoms with Gasteiger partial charge in [0.25, 0.3) is 5.56 Å². The second-order valence-electron chi connectivity index (χ2n) is 7.79. The average molecular weight is 580 g/mol. The lowest BCUT2D eigenvalue weighted by Gasteiger charge is -2.08. The molecule has 2 aromatic heterocycles. The monoisotopic (exact) mass is 580 g/mol. The first-order valence-electron chi connectivity index (χ1n) is 10.7. The molecule has 3 aromatic carbocycles. The standard InChI is InChI=1S/C27H21IN2O3S/c1-32-22-10-4-19(5-11-22)16-33-23-12-6-20(7-13-23)25-14-24-26(34-25)27(31)29-17-30(24)15-18-2-8-21(28)9-3-18/h2-14,17H,15-16H2,1H3. The SMILES string of the molecule is COc1ccc(COc2ccc(-c3cc4c(s3)c(=O)ncn4Cc3ccc(I)cc3)cc2)cc1. The largest absolute Gasteiger partial charge is 0.497 e. The lowest BCUT2D eigenvalue weighted by Crippen LogP contribution is -2.11. The normalized spacial score (nSPS) is 11.0. The zero-order chi connectivity index (χ0) is 23.5. The maximum absolute atomic E-state index is 12.4. The Morgan fingerprint density at radius 3 is 2.29 bits per heavy atom. The van der Waals surface area contributed by atoms with Crippen molar-refractivity contribution in [1.82, 2.24) is 9.55 Å². The van der Waals surface area contributed by atoms with Gasteiger partial charge in [0.05, 0.1) is 19.0 Å². The topological polar surface area (TPSA) is 53.4 Å². The molecule has 0 aliphatic rings. The Kier molecular flexibility index (Phi) is 6.64. The molecule has 7 heteroatoms. The summed E-state index contributed by atoms with van der Waals surface area (Å²) in [6.45, 7) is 1.14. The van der Waals surface area contributed by atoms with Crippen molar-refractivity contribution in [3.8, 4) is 21.9 Å². The van der Waals surface area contributed by atoms with Crippen LogP contribution in [0.25, 0.3) is 20.7 Å². The van der Waals surface area contributed by atoms with Gasteiger partial charge in [0.2, 0.25) is 0 Å². The summed E-state index contributed by atoms with van der Waals surface area (Å²) in [6.07, 6.45) is 1.63. The zero-order valence-corrected chi connectivity index (χ0v) is 21.4. The van der Waals surface area contributed by atoms with Crippen LogP contribution >= 0.6 is 33.9 Å². The first kappa shape index (κ1) is 22.6. The van der Waals surface area contributed by atoms with Crippen LogP contribution in [-0.2, 0) is 13.2 Å². The third-order valence-electron chi connectivity index (χ3n) is 5.50. The third kappa shape index (κ3) is 5.00. The van der Waals surface area contributed by atoms with E-state index >= 15 is 0 Å². The number of aromatic nitrogens is 2. The van der Waals surface area contributed by atoms with Crippen molar-refractivity contribution in [2.75, 3.05) is 7.11 Å². The van der Waals surface area contributed by atoms with Crippen LogP contribution in [0.1, 0.15) is 11.1 Å². The average Bonchev–Trinajstić information content (AvgIpc) is 3.33. The highest BCUT2D eigenvalue weighted by Crippen LogP contribution is 2.33. The highest BCUT2D eigenvalue weighted by Gasteiger charge is 2.12. The van der Waals surface area contributed by atoms with Crippen LogP contribution in [0.4, 0.5) is 0 Å². The molecule has 5 aromatic rings. The minimum Gasteiger partial charge on any atom is -0.497 e. The van der Waals surface area contributed by atoms with Crippen molar-refractivity contribution in [2.45, 2.75) is 13.2 Å². The fourth-order valence-electron chi connectivity index (χ4n) is 3.65. The van der Waals surface area contributed by atoms with Gasteiger partial charge in [-0.1, -0.05) is 24.3 Å². The fraction of sp³-hybridized carbons (Fsp3) is 0.111. The summed E-state index contributed by atoms with van der Waals surface area (Å²) in [5.74, 6) is 1.62. The molecule has 0 unspecified atom stereocenters. The molecule has 170 valence electrons. The summed E-state index contributed by atoms with van der Waals surface area (Å²) in [5.41, 5.74) is 3.99. The molecule has 0 saturated carbocycles. The Morgan fingerprint density at radius 1 is 0.912 bits per heavy atom. The number of thiophene rings is 1. The van der Waals surface area contributed by atoms with E-state index in [2.05, 4.69) is 57.9 Å². The van der Waals surface area contributed by atoms with Gasteiger partial charge in [-0.05, 0) is 93.9 Å². The van der Waals surface area contributed by atoms with E-state index in [1.54, 1.807) is 13.4 Å². The van der Waals surface area contributed by atoms with Crippen LogP contribution in [0.5, 0.6) is 11.5 Å². The molecule has 0 fully saturated rings. The molecule has 0 N–H and O–H groups in total. The fourth-order valence-corrected chi connectivity index (χ4v) is 5.07. The molecule has 2 heterocycles. The summed E-state index contributed by atoms with van der Waals surface area (Å²) in [5, 5.41) is 0. The van der Waals surface area contributed by atoms with Gasteiger partial charge in [-0.3, -0.25) is 4.79 Å². The second kappa shape index (κ2) is 9.99. The quantitative estimate of drug-likeness (QED) is 0.210. The molecule has 0 amide bonds. The second-order valence-corrected chi connectivity index (χ2v) is 10.1. The highest BCUT2D eigenvalue weighted by molar-refractivity contribution is 14.1. The van der Waals surface area contributed by atoms with Crippen molar-refractivity contribution < 1.29 is 9.47 Å². The maximum atomic E-state index is 12.4. The summed E-state index contributed by atoms with van der Waals surface area (Å²) in [7, 11) is 1.65. The lowest BCUT2D eigenvalue weighted by molar-refractivity contribution is 0.306. The van der Waals surface area contributed by atoms with E-state index in [4.69, 9.17) is 9.47 Å². The van der Waals surface area contributed by atoms with Gasteiger partial charge in [0.1, 0.15) is 22.8 Å². The van der Waals surface area contributed by atoms with Crippen molar-refractivity contribution >= 4 is 44.1 Å². The molecular weight excluding hydrogens is 559 g/mol. The molecule has 0 aliphatic carbocycles. The molecule has 0 bridgehead atoms. The molecule has 5 rings (SSSR count). The Morgan fingerprint density at radius 2 is 1.59 bits per heavy atom. The van der Waals surface area contributed by atoms with Crippen LogP contribution in [0.2, 0.25) is 0 Å². The molecule has 34 heavy (non-hydrogen) atoms. The molecular formula is C27H21IN2O3S. The van der Waals surface area contributed by atoms with Crippen LogP contribution in [-0.4, -0.2) is 16.7 Å². The molecule has 0 aliphatic heterocycles. The summed E-state index contributed by atoms with van der Waals surface area (Å²) < 4.78 is 15.0. The van der Waals surface area contributed by atoms with E-state index in [0.717, 1.165) is 33.0 Å². The van der Waals surface area contributed by atoms with Crippen molar-refractivity contribution in [3.05, 3.63) is 110 Å². The van der Waals surface area contributed by atoms with E-state index in [1.807, 2.05) is 53.1 Å². The molecule has 0 saturated heterocycles. The lowest BCUT2D eigenvalue weighted by atomic mass is 10.1. The Balaban J connectivity index is 1.35. The number of methoxy groups -OCH3 is 1. The number of hydrogen-bond donors (Lipinski definition) is 0. The van der Waals surface area contributed by atoms with E-state index in [9.17, 15) is 4.79 Å². The smallest absolute Gasteiger partial charge is 0.290 e. The van der Waals surface area contributed by atoms with Gasteiger partial charge < -0.3 is 14.0 Å². The first-order chi connectivity index (χ1) is 16.6. The number of halogens is 1. The summed E-state index contributed by atoms with van der Waals surface area (Å²) in [6, 6.07) is 26.2. The minimum atomic E-state index is -0.190. The Labute approximate surface area is 214 Å². The molecule has 0 spiro atoms. The van der Waals surface area contributed by atoms with Crippen molar-refractivity contribution in [3.63, 3.8) is 0 Å². The van der Waals surface area contributed by atoms with Gasteiger partial charge in [-0.15, -0.1) is 11.3 Å². The number of nitrogens with zero attached hydrogens (tertiary/aromatic N) is 2. The number of hydrogen-bond acceptors (Lipinski definition) is 5. The number of fused-ring (bicyclic) bond motifs is 1. The van der Waals surface area contributed by atoms with Crippen LogP contribution in [0.3, 0.4) is 0 Å². The van der Waals surface area contributed by atoms with Crippen molar-refractivity contribution in [1.29, 1.82) is 0 Å². The summed E-state index contributed by atoms with van der Waals surface area (Å²) in [4.78, 5) is 17.6. The first-order valence-corrected chi connectivity index (χ1v) is 12.6. The number of rotatable bonds is 7. The third-order valence-corrected chi connectivity index (χ3v) is 7.38. The van der Waals surface area contributed by atoms with E-state index in [0.29, 0.717) is 17.9 Å². The van der Waals surface area contributed by atoms with Gasteiger partial charge in [0, 0.05) is 15.0 Å². The summed E-state index contributed by atoms with van der Waals surface area (Å²) >= 11 is 3.77. The van der Waals surface area contributed by atoms with Crippen LogP contribution < -0.4 is 15.0 Å². The number of benzene rings is 3. The van der Waals surface area contributed by atoms with Gasteiger partial charge in [-0.2, -0.15) is 4.98 Å². The van der Waals surface area contributed by atoms with Crippen molar-refractivity contribution in [2.24, 2.45) is 0 Å². The van der Waals surface area contributed by atoms with Crippen LogP contribution in [0, 0.1) is 3.57 Å². The highest BCUT2D eigenvalue weighted by atomic mass is 127. The predicted octanol–water partition coefficient (Wildman–Crippen LogP) is 6.37. The predicted molar refractivity (Wildman–Crippen MR) is 145 cm³/mol. The molecule has 0 radical (unpaired) electrons. The molecule has 0 atom stereocenters. The number of ether oxygens (including phenoxy) is 2. The van der Waals surface area contributed by atoms with Gasteiger partial charge in [0.15, 0.2) is 0 Å². The Hall–Kier alpha value is -3.17. The van der Waals surface area contributed by atoms with Gasteiger partial charge >= 0.3 is 0 Å². The Bertz CT molecular complexity index is 1470. The molecule has 5 nitrogen and oxygen atoms in total. The zero-order valence-electron chi connectivity index (χ0n) is 18.4. The maximum Gasteiger partial charge on any atom is 0.290 e. The van der Waals surface area contributed by atoms with Gasteiger partial charge in [-0.25, -0.2) is 0 Å². The van der Waals surface area contributed by atoms with E-state index < -0.39 is 0 Å².